The molecule has 33 heavy (non-hydrogen) atoms. The molecule has 0 radical (unpaired) electrons. The van der Waals surface area contributed by atoms with E-state index in [-0.39, 0.29) is 12.2 Å². The fourth-order valence-electron chi connectivity index (χ4n) is 3.37. The molecule has 0 bridgehead atoms. The first kappa shape index (κ1) is 22.4. The summed E-state index contributed by atoms with van der Waals surface area (Å²) in [6.07, 6.45) is 1.54. The zero-order valence-electron chi connectivity index (χ0n) is 17.4. The molecule has 0 atom stereocenters. The van der Waals surface area contributed by atoms with Gasteiger partial charge in [0.15, 0.2) is 0 Å². The highest BCUT2D eigenvalue weighted by atomic mass is 35.5. The van der Waals surface area contributed by atoms with Crippen LogP contribution < -0.4 is 10.1 Å². The standard InChI is InChI=1S/C27H18Cl2N2O2/c28-23-10-4-2-8-19(23)17-33-26-14-13-18-7-1-3-9-21(18)22(26)15-20(16-30)27(32)31-25-12-6-5-11-24(25)29/h1-15H,17H2,(H,31,32)/b20-15+. The summed E-state index contributed by atoms with van der Waals surface area (Å²) in [5, 5.41) is 15.2. The first-order valence-electron chi connectivity index (χ1n) is 10.1. The number of nitrogens with zero attached hydrogens (tertiary/aromatic N) is 1. The molecule has 4 aromatic rings. The van der Waals surface area contributed by atoms with Crippen LogP contribution in [0.3, 0.4) is 0 Å². The van der Waals surface area contributed by atoms with E-state index in [0.29, 0.717) is 27.0 Å². The minimum Gasteiger partial charge on any atom is -0.488 e. The Labute approximate surface area is 201 Å². The van der Waals surface area contributed by atoms with Crippen molar-refractivity contribution < 1.29 is 9.53 Å². The predicted molar refractivity (Wildman–Crippen MR) is 133 cm³/mol. The predicted octanol–water partition coefficient (Wildman–Crippen LogP) is 7.27. The van der Waals surface area contributed by atoms with Crippen molar-refractivity contribution in [2.45, 2.75) is 6.61 Å². The summed E-state index contributed by atoms with van der Waals surface area (Å²) in [5.41, 5.74) is 1.82. The van der Waals surface area contributed by atoms with Crippen LogP contribution in [0.15, 0.2) is 90.5 Å². The van der Waals surface area contributed by atoms with Crippen LogP contribution in [-0.2, 0) is 11.4 Å². The number of benzene rings is 4. The maximum atomic E-state index is 12.9. The second-order valence-electron chi connectivity index (χ2n) is 7.18. The number of nitriles is 1. The first-order chi connectivity index (χ1) is 16.1. The number of anilines is 1. The number of amides is 1. The highest BCUT2D eigenvalue weighted by molar-refractivity contribution is 6.34. The number of halogens is 2. The monoisotopic (exact) mass is 472 g/mol. The Bertz CT molecular complexity index is 1410. The van der Waals surface area contributed by atoms with Crippen molar-refractivity contribution in [1.29, 1.82) is 5.26 Å². The lowest BCUT2D eigenvalue weighted by molar-refractivity contribution is -0.112. The van der Waals surface area contributed by atoms with Crippen LogP contribution in [0.25, 0.3) is 16.8 Å². The third-order valence-corrected chi connectivity index (χ3v) is 5.75. The van der Waals surface area contributed by atoms with Crippen molar-refractivity contribution in [1.82, 2.24) is 0 Å². The van der Waals surface area contributed by atoms with Gasteiger partial charge in [-0.15, -0.1) is 0 Å². The van der Waals surface area contributed by atoms with Gasteiger partial charge in [0.1, 0.15) is 24.0 Å². The Kier molecular flexibility index (Phi) is 6.95. The molecule has 0 unspecified atom stereocenters. The number of para-hydroxylation sites is 1. The van der Waals surface area contributed by atoms with E-state index in [0.717, 1.165) is 16.3 Å². The minimum atomic E-state index is -0.560. The van der Waals surface area contributed by atoms with Crippen LogP contribution in [-0.4, -0.2) is 5.91 Å². The van der Waals surface area contributed by atoms with Gasteiger partial charge in [0.2, 0.25) is 0 Å². The average Bonchev–Trinajstić information content (AvgIpc) is 2.83. The molecule has 0 aliphatic rings. The van der Waals surface area contributed by atoms with Gasteiger partial charge >= 0.3 is 0 Å². The van der Waals surface area contributed by atoms with Crippen LogP contribution in [0.1, 0.15) is 11.1 Å². The number of carbonyl (C=O) groups excluding carboxylic acids is 1. The molecule has 4 aromatic carbocycles. The molecule has 1 N–H and O–H groups in total. The van der Waals surface area contributed by atoms with Gasteiger partial charge in [-0.3, -0.25) is 4.79 Å². The highest BCUT2D eigenvalue weighted by Crippen LogP contribution is 2.32. The molecule has 0 aliphatic heterocycles. The largest absolute Gasteiger partial charge is 0.488 e. The van der Waals surface area contributed by atoms with Crippen LogP contribution in [0.5, 0.6) is 5.75 Å². The Hall–Kier alpha value is -3.78. The molecule has 4 nitrogen and oxygen atoms in total. The SMILES string of the molecule is N#C/C(=C\c1c(OCc2ccccc2Cl)ccc2ccccc12)C(=O)Nc1ccccc1Cl. The van der Waals surface area contributed by atoms with E-state index in [4.69, 9.17) is 27.9 Å². The number of ether oxygens (including phenoxy) is 1. The lowest BCUT2D eigenvalue weighted by Crippen LogP contribution is -2.13. The summed E-state index contributed by atoms with van der Waals surface area (Å²) in [4.78, 5) is 12.9. The number of rotatable bonds is 6. The molecule has 0 aliphatic carbocycles. The van der Waals surface area contributed by atoms with Gasteiger partial charge in [0.05, 0.1) is 10.7 Å². The second-order valence-corrected chi connectivity index (χ2v) is 8.00. The quantitative estimate of drug-likeness (QED) is 0.237. The molecule has 6 heteroatoms. The molecular formula is C27H18Cl2N2O2. The number of hydrogen-bond donors (Lipinski definition) is 1. The molecule has 0 fully saturated rings. The van der Waals surface area contributed by atoms with E-state index in [2.05, 4.69) is 5.32 Å². The molecule has 0 saturated heterocycles. The third kappa shape index (κ3) is 5.18. The van der Waals surface area contributed by atoms with Crippen molar-refractivity contribution >= 4 is 51.6 Å². The zero-order chi connectivity index (χ0) is 23.2. The molecule has 0 heterocycles. The lowest BCUT2D eigenvalue weighted by Gasteiger charge is -2.13. The van der Waals surface area contributed by atoms with Crippen LogP contribution >= 0.6 is 23.2 Å². The highest BCUT2D eigenvalue weighted by Gasteiger charge is 2.15. The van der Waals surface area contributed by atoms with Crippen LogP contribution in [0, 0.1) is 11.3 Å². The van der Waals surface area contributed by atoms with Crippen molar-refractivity contribution in [2.75, 3.05) is 5.32 Å². The number of nitrogens with one attached hydrogen (secondary N) is 1. The fraction of sp³-hybridized carbons (Fsp3) is 0.0370. The van der Waals surface area contributed by atoms with E-state index >= 15 is 0 Å². The van der Waals surface area contributed by atoms with Crippen LogP contribution in [0.4, 0.5) is 5.69 Å². The van der Waals surface area contributed by atoms with Crippen molar-refractivity contribution in [3.63, 3.8) is 0 Å². The minimum absolute atomic E-state index is 0.0751. The van der Waals surface area contributed by atoms with Gasteiger partial charge in [0, 0.05) is 16.1 Å². The molecule has 0 aromatic heterocycles. The number of fused-ring (bicyclic) bond motifs is 1. The Balaban J connectivity index is 1.72. The van der Waals surface area contributed by atoms with Gasteiger partial charge in [-0.05, 0) is 41.1 Å². The van der Waals surface area contributed by atoms with Gasteiger partial charge < -0.3 is 10.1 Å². The second kappa shape index (κ2) is 10.2. The van der Waals surface area contributed by atoms with E-state index in [1.807, 2.05) is 60.7 Å². The van der Waals surface area contributed by atoms with Gasteiger partial charge in [-0.25, -0.2) is 0 Å². The molecule has 0 spiro atoms. The average molecular weight is 473 g/mol. The van der Waals surface area contributed by atoms with Crippen molar-refractivity contribution in [2.24, 2.45) is 0 Å². The fourth-order valence-corrected chi connectivity index (χ4v) is 3.74. The maximum Gasteiger partial charge on any atom is 0.266 e. The summed E-state index contributed by atoms with van der Waals surface area (Å²) in [7, 11) is 0. The van der Waals surface area contributed by atoms with E-state index in [9.17, 15) is 10.1 Å². The smallest absolute Gasteiger partial charge is 0.266 e. The summed E-state index contributed by atoms with van der Waals surface area (Å²) < 4.78 is 6.08. The van der Waals surface area contributed by atoms with Gasteiger partial charge in [-0.1, -0.05) is 83.9 Å². The lowest BCUT2D eigenvalue weighted by atomic mass is 10.0. The summed E-state index contributed by atoms with van der Waals surface area (Å²) in [6.45, 7) is 0.243. The molecular weight excluding hydrogens is 455 g/mol. The molecule has 1 amide bonds. The molecule has 0 saturated carbocycles. The van der Waals surface area contributed by atoms with Crippen molar-refractivity contribution in [3.8, 4) is 11.8 Å². The first-order valence-corrected chi connectivity index (χ1v) is 10.9. The molecule has 162 valence electrons. The molecule has 4 rings (SSSR count). The Morgan fingerprint density at radius 1 is 0.909 bits per heavy atom. The van der Waals surface area contributed by atoms with Gasteiger partial charge in [-0.2, -0.15) is 5.26 Å². The number of hydrogen-bond acceptors (Lipinski definition) is 3. The van der Waals surface area contributed by atoms with E-state index in [1.165, 1.54) is 6.08 Å². The Morgan fingerprint density at radius 3 is 2.36 bits per heavy atom. The maximum absolute atomic E-state index is 12.9. The summed E-state index contributed by atoms with van der Waals surface area (Å²) in [5.74, 6) is -0.0255. The topological polar surface area (TPSA) is 62.1 Å². The number of carbonyl (C=O) groups is 1. The summed E-state index contributed by atoms with van der Waals surface area (Å²) in [6, 6.07) is 27.7. The van der Waals surface area contributed by atoms with Gasteiger partial charge in [0.25, 0.3) is 5.91 Å². The normalized spacial score (nSPS) is 11.1. The summed E-state index contributed by atoms with van der Waals surface area (Å²) >= 11 is 12.4. The van der Waals surface area contributed by atoms with Crippen LogP contribution in [0.2, 0.25) is 10.0 Å². The van der Waals surface area contributed by atoms with E-state index in [1.54, 1.807) is 30.3 Å². The zero-order valence-corrected chi connectivity index (χ0v) is 18.9. The van der Waals surface area contributed by atoms with E-state index < -0.39 is 5.91 Å². The van der Waals surface area contributed by atoms with Crippen molar-refractivity contribution in [3.05, 3.63) is 112 Å². The Morgan fingerprint density at radius 2 is 1.61 bits per heavy atom. The third-order valence-electron chi connectivity index (χ3n) is 5.05.